The van der Waals surface area contributed by atoms with Crippen molar-refractivity contribution in [1.29, 1.82) is 0 Å². The summed E-state index contributed by atoms with van der Waals surface area (Å²) in [6, 6.07) is 10.0. The summed E-state index contributed by atoms with van der Waals surface area (Å²) in [4.78, 5) is 5.52. The predicted molar refractivity (Wildman–Crippen MR) is 72.1 cm³/mol. The first-order valence-electron chi connectivity index (χ1n) is 6.05. The fourth-order valence-electron chi connectivity index (χ4n) is 1.58. The van der Waals surface area contributed by atoms with Crippen molar-refractivity contribution in [2.75, 3.05) is 0 Å². The topological polar surface area (TPSA) is 64.9 Å². The van der Waals surface area contributed by atoms with Crippen LogP contribution in [0.4, 0.5) is 0 Å². The van der Waals surface area contributed by atoms with Crippen molar-refractivity contribution >= 4 is 11.8 Å². The van der Waals surface area contributed by atoms with Crippen LogP contribution in [0.2, 0.25) is 0 Å². The van der Waals surface area contributed by atoms with Gasteiger partial charge in [-0.25, -0.2) is 0 Å². The molecule has 0 aliphatic heterocycles. The number of benzene rings is 1. The molecule has 1 atom stereocenters. The third-order valence-electron chi connectivity index (χ3n) is 2.51. The second-order valence-electron chi connectivity index (χ2n) is 4.05. The molecule has 1 aromatic carbocycles. The Bertz CT molecular complexity index is 472. The minimum Gasteiger partial charge on any atom is -0.338 e. The van der Waals surface area contributed by atoms with Gasteiger partial charge in [0.1, 0.15) is 0 Å². The van der Waals surface area contributed by atoms with Gasteiger partial charge in [0.05, 0.1) is 11.8 Å². The van der Waals surface area contributed by atoms with E-state index in [0.29, 0.717) is 17.5 Å². The third-order valence-corrected chi connectivity index (χ3v) is 3.52. The van der Waals surface area contributed by atoms with E-state index in [9.17, 15) is 0 Å². The number of hydrogen-bond donors (Lipinski definition) is 1. The highest BCUT2D eigenvalue weighted by Gasteiger charge is 2.13. The van der Waals surface area contributed by atoms with E-state index in [1.165, 1.54) is 4.90 Å². The molecule has 0 spiro atoms. The summed E-state index contributed by atoms with van der Waals surface area (Å²) >= 11 is 1.69. The summed E-state index contributed by atoms with van der Waals surface area (Å²) in [6.45, 7) is 2.09. The molecular weight excluding hydrogens is 246 g/mol. The van der Waals surface area contributed by atoms with Crippen molar-refractivity contribution in [2.24, 2.45) is 5.73 Å². The van der Waals surface area contributed by atoms with Gasteiger partial charge >= 0.3 is 0 Å². The van der Waals surface area contributed by atoms with Crippen LogP contribution in [0.15, 0.2) is 39.8 Å². The predicted octanol–water partition coefficient (Wildman–Crippen LogP) is 3.16. The second kappa shape index (κ2) is 6.56. The van der Waals surface area contributed by atoms with Crippen molar-refractivity contribution in [2.45, 2.75) is 36.5 Å². The van der Waals surface area contributed by atoms with Gasteiger partial charge in [-0.1, -0.05) is 36.7 Å². The van der Waals surface area contributed by atoms with Crippen molar-refractivity contribution < 1.29 is 4.52 Å². The Labute approximate surface area is 111 Å². The van der Waals surface area contributed by atoms with Crippen LogP contribution in [0.25, 0.3) is 0 Å². The van der Waals surface area contributed by atoms with Crippen LogP contribution in [0.5, 0.6) is 0 Å². The molecule has 0 fully saturated rings. The first-order valence-corrected chi connectivity index (χ1v) is 7.04. The summed E-state index contributed by atoms with van der Waals surface area (Å²) < 4.78 is 5.17. The Morgan fingerprint density at radius 1 is 1.33 bits per heavy atom. The highest BCUT2D eigenvalue weighted by molar-refractivity contribution is 7.98. The van der Waals surface area contributed by atoms with Crippen molar-refractivity contribution in [3.05, 3.63) is 42.0 Å². The van der Waals surface area contributed by atoms with E-state index >= 15 is 0 Å². The summed E-state index contributed by atoms with van der Waals surface area (Å²) in [5.74, 6) is 1.94. The number of nitrogens with zero attached hydrogens (tertiary/aromatic N) is 2. The van der Waals surface area contributed by atoms with E-state index in [1.54, 1.807) is 11.8 Å². The van der Waals surface area contributed by atoms with Crippen LogP contribution in [0.3, 0.4) is 0 Å². The molecule has 0 saturated heterocycles. The standard InChI is InChI=1S/C13H17N3OS/c1-2-6-11(14)13-15-12(16-17-13)9-18-10-7-4-3-5-8-10/h3-5,7-8,11H,2,6,9,14H2,1H3/t11-/m1/s1. The van der Waals surface area contributed by atoms with Crippen LogP contribution >= 0.6 is 11.8 Å². The molecule has 2 aromatic rings. The molecule has 0 aliphatic rings. The fourth-order valence-corrected chi connectivity index (χ4v) is 2.34. The zero-order valence-corrected chi connectivity index (χ0v) is 11.2. The van der Waals surface area contributed by atoms with Gasteiger partial charge in [0.15, 0.2) is 5.82 Å². The first-order chi connectivity index (χ1) is 8.79. The van der Waals surface area contributed by atoms with Gasteiger partial charge in [0.2, 0.25) is 5.89 Å². The van der Waals surface area contributed by atoms with Gasteiger partial charge < -0.3 is 10.3 Å². The molecule has 96 valence electrons. The average molecular weight is 263 g/mol. The lowest BCUT2D eigenvalue weighted by atomic mass is 10.2. The van der Waals surface area contributed by atoms with E-state index in [-0.39, 0.29) is 6.04 Å². The summed E-state index contributed by atoms with van der Waals surface area (Å²) in [5, 5.41) is 3.95. The number of rotatable bonds is 6. The molecule has 1 aromatic heterocycles. The van der Waals surface area contributed by atoms with Gasteiger partial charge in [0, 0.05) is 4.90 Å². The maximum atomic E-state index is 5.92. The number of thioether (sulfide) groups is 1. The van der Waals surface area contributed by atoms with Crippen molar-refractivity contribution in [3.8, 4) is 0 Å². The lowest BCUT2D eigenvalue weighted by Crippen LogP contribution is -2.10. The van der Waals surface area contributed by atoms with E-state index in [0.717, 1.165) is 12.8 Å². The number of hydrogen-bond acceptors (Lipinski definition) is 5. The number of aromatic nitrogens is 2. The lowest BCUT2D eigenvalue weighted by Gasteiger charge is -2.02. The lowest BCUT2D eigenvalue weighted by molar-refractivity contribution is 0.345. The zero-order chi connectivity index (χ0) is 12.8. The Morgan fingerprint density at radius 3 is 2.83 bits per heavy atom. The maximum absolute atomic E-state index is 5.92. The van der Waals surface area contributed by atoms with Crippen molar-refractivity contribution in [3.63, 3.8) is 0 Å². The molecule has 2 rings (SSSR count). The summed E-state index contributed by atoms with van der Waals surface area (Å²) in [7, 11) is 0. The molecule has 1 heterocycles. The summed E-state index contributed by atoms with van der Waals surface area (Å²) in [5.41, 5.74) is 5.92. The quantitative estimate of drug-likeness (QED) is 0.811. The van der Waals surface area contributed by atoms with E-state index in [2.05, 4.69) is 29.2 Å². The highest BCUT2D eigenvalue weighted by atomic mass is 32.2. The van der Waals surface area contributed by atoms with E-state index in [1.807, 2.05) is 18.2 Å². The van der Waals surface area contributed by atoms with Gasteiger partial charge in [-0.15, -0.1) is 11.8 Å². The zero-order valence-electron chi connectivity index (χ0n) is 10.4. The minimum absolute atomic E-state index is 0.141. The molecule has 0 saturated carbocycles. The maximum Gasteiger partial charge on any atom is 0.243 e. The third kappa shape index (κ3) is 3.58. The summed E-state index contributed by atoms with van der Waals surface area (Å²) in [6.07, 6.45) is 1.88. The largest absolute Gasteiger partial charge is 0.338 e. The Kier molecular flexibility index (Phi) is 4.78. The molecule has 18 heavy (non-hydrogen) atoms. The molecule has 0 radical (unpaired) electrons. The Morgan fingerprint density at radius 2 is 2.11 bits per heavy atom. The SMILES string of the molecule is CCC[C@@H](N)c1nc(CSc2ccccc2)no1. The smallest absolute Gasteiger partial charge is 0.243 e. The van der Waals surface area contributed by atoms with Gasteiger partial charge in [0.25, 0.3) is 0 Å². The van der Waals surface area contributed by atoms with Gasteiger partial charge in [-0.3, -0.25) is 0 Å². The molecule has 0 amide bonds. The van der Waals surface area contributed by atoms with E-state index < -0.39 is 0 Å². The molecular formula is C13H17N3OS. The first kappa shape index (κ1) is 13.1. The highest BCUT2D eigenvalue weighted by Crippen LogP contribution is 2.22. The molecule has 4 nitrogen and oxygen atoms in total. The molecule has 5 heteroatoms. The van der Waals surface area contributed by atoms with Crippen LogP contribution in [-0.4, -0.2) is 10.1 Å². The van der Waals surface area contributed by atoms with Gasteiger partial charge in [-0.2, -0.15) is 4.98 Å². The van der Waals surface area contributed by atoms with Gasteiger partial charge in [-0.05, 0) is 18.6 Å². The monoisotopic (exact) mass is 263 g/mol. The molecule has 0 bridgehead atoms. The van der Waals surface area contributed by atoms with Crippen LogP contribution in [-0.2, 0) is 5.75 Å². The minimum atomic E-state index is -0.141. The normalized spacial score (nSPS) is 12.6. The average Bonchev–Trinajstić information content (AvgIpc) is 2.87. The van der Waals surface area contributed by atoms with Crippen LogP contribution < -0.4 is 5.73 Å². The Hall–Kier alpha value is -1.33. The second-order valence-corrected chi connectivity index (χ2v) is 5.09. The molecule has 2 N–H and O–H groups in total. The Balaban J connectivity index is 1.91. The fraction of sp³-hybridized carbons (Fsp3) is 0.385. The molecule has 0 aliphatic carbocycles. The van der Waals surface area contributed by atoms with E-state index in [4.69, 9.17) is 10.3 Å². The van der Waals surface area contributed by atoms with Crippen molar-refractivity contribution in [1.82, 2.24) is 10.1 Å². The van der Waals surface area contributed by atoms with Crippen LogP contribution in [0.1, 0.15) is 37.5 Å². The van der Waals surface area contributed by atoms with Crippen LogP contribution in [0, 0.1) is 0 Å². The molecule has 0 unspecified atom stereocenters. The number of nitrogens with two attached hydrogens (primary N) is 1.